The minimum atomic E-state index is -0.285. The van der Waals surface area contributed by atoms with E-state index in [9.17, 15) is 4.39 Å². The Morgan fingerprint density at radius 3 is 2.50 bits per heavy atom. The summed E-state index contributed by atoms with van der Waals surface area (Å²) in [5.41, 5.74) is 0.629. The maximum Gasteiger partial charge on any atom is 0.226 e. The molecule has 0 aliphatic carbocycles. The predicted molar refractivity (Wildman–Crippen MR) is 100 cm³/mol. The Bertz CT molecular complexity index is 922. The third-order valence-electron chi connectivity index (χ3n) is 4.51. The van der Waals surface area contributed by atoms with Gasteiger partial charge in [0, 0.05) is 57.9 Å². The lowest BCUT2D eigenvalue weighted by Crippen LogP contribution is -2.47. The van der Waals surface area contributed by atoms with E-state index in [1.165, 1.54) is 18.5 Å². The maximum atomic E-state index is 13.4. The average molecular weight is 353 g/mol. The van der Waals surface area contributed by atoms with Crippen LogP contribution in [0, 0.1) is 5.82 Å². The van der Waals surface area contributed by atoms with Gasteiger partial charge in [-0.15, -0.1) is 0 Å². The summed E-state index contributed by atoms with van der Waals surface area (Å²) < 4.78 is 13.4. The van der Waals surface area contributed by atoms with Gasteiger partial charge in [-0.3, -0.25) is 0 Å². The van der Waals surface area contributed by atoms with Gasteiger partial charge in [-0.1, -0.05) is 0 Å². The lowest BCUT2D eigenvalue weighted by Gasteiger charge is -2.36. The fourth-order valence-electron chi connectivity index (χ4n) is 3.15. The molecule has 1 saturated heterocycles. The second-order valence-corrected chi connectivity index (χ2v) is 6.44. The molecule has 0 saturated carbocycles. The van der Waals surface area contributed by atoms with Crippen LogP contribution in [0.3, 0.4) is 0 Å². The van der Waals surface area contributed by atoms with Gasteiger partial charge >= 0.3 is 0 Å². The van der Waals surface area contributed by atoms with Crippen molar-refractivity contribution in [3.8, 4) is 0 Å². The van der Waals surface area contributed by atoms with Crippen LogP contribution >= 0.6 is 0 Å². The van der Waals surface area contributed by atoms with Crippen molar-refractivity contribution in [1.82, 2.24) is 19.9 Å². The van der Waals surface area contributed by atoms with E-state index >= 15 is 0 Å². The molecule has 3 heterocycles. The molecule has 0 bridgehead atoms. The highest BCUT2D eigenvalue weighted by Gasteiger charge is 2.21. The Labute approximate surface area is 151 Å². The highest BCUT2D eigenvalue weighted by Crippen LogP contribution is 2.25. The number of aromatic nitrogens is 4. The van der Waals surface area contributed by atoms with Crippen LogP contribution in [0.2, 0.25) is 0 Å². The van der Waals surface area contributed by atoms with Crippen molar-refractivity contribution in [2.75, 3.05) is 55.0 Å². The zero-order chi connectivity index (χ0) is 18.1. The van der Waals surface area contributed by atoms with E-state index in [1.807, 2.05) is 25.1 Å². The normalized spacial score (nSPS) is 14.7. The molecule has 0 amide bonds. The largest absolute Gasteiger partial charge is 0.353 e. The van der Waals surface area contributed by atoms with Crippen LogP contribution in [0.4, 0.5) is 22.0 Å². The minimum Gasteiger partial charge on any atom is -0.353 e. The number of piperazine rings is 1. The molecule has 2 aromatic heterocycles. The molecular formula is C18H20FN7. The Morgan fingerprint density at radius 2 is 1.73 bits per heavy atom. The first-order chi connectivity index (χ1) is 12.6. The van der Waals surface area contributed by atoms with Gasteiger partial charge in [-0.05, 0) is 18.2 Å². The highest BCUT2D eigenvalue weighted by molar-refractivity contribution is 5.89. The molecule has 8 heteroatoms. The van der Waals surface area contributed by atoms with E-state index in [4.69, 9.17) is 0 Å². The molecule has 0 spiro atoms. The molecule has 0 radical (unpaired) electrons. The van der Waals surface area contributed by atoms with E-state index in [2.05, 4.69) is 29.7 Å². The summed E-state index contributed by atoms with van der Waals surface area (Å²) in [4.78, 5) is 23.8. The van der Waals surface area contributed by atoms with Crippen LogP contribution in [0.15, 0.2) is 36.8 Å². The van der Waals surface area contributed by atoms with Gasteiger partial charge in [0.1, 0.15) is 23.8 Å². The average Bonchev–Trinajstić information content (AvgIpc) is 2.67. The first-order valence-electron chi connectivity index (χ1n) is 8.52. The van der Waals surface area contributed by atoms with Gasteiger partial charge in [0.15, 0.2) is 0 Å². The van der Waals surface area contributed by atoms with Gasteiger partial charge in [0.2, 0.25) is 5.95 Å². The smallest absolute Gasteiger partial charge is 0.226 e. The number of anilines is 3. The molecule has 4 rings (SSSR count). The monoisotopic (exact) mass is 353 g/mol. The third-order valence-corrected chi connectivity index (χ3v) is 4.51. The molecule has 1 aromatic carbocycles. The molecule has 0 atom stereocenters. The summed E-state index contributed by atoms with van der Waals surface area (Å²) in [6.45, 7) is 3.28. The molecule has 134 valence electrons. The summed E-state index contributed by atoms with van der Waals surface area (Å²) in [5, 5.41) is 0.874. The molecule has 1 fully saturated rings. The number of hydrogen-bond acceptors (Lipinski definition) is 7. The molecule has 0 N–H and O–H groups in total. The molecule has 26 heavy (non-hydrogen) atoms. The van der Waals surface area contributed by atoms with E-state index in [0.717, 1.165) is 43.2 Å². The standard InChI is InChI=1S/C18H20FN7/c1-24(2)18-20-6-5-16(23-18)25-7-9-26(10-8-25)17-14-4-3-13(19)11-15(14)21-12-22-17/h3-6,11-12H,7-10H2,1-2H3. The number of nitrogens with zero attached hydrogens (tertiary/aromatic N) is 7. The van der Waals surface area contributed by atoms with Crippen molar-refractivity contribution in [2.24, 2.45) is 0 Å². The zero-order valence-corrected chi connectivity index (χ0v) is 14.8. The van der Waals surface area contributed by atoms with Crippen LogP contribution < -0.4 is 14.7 Å². The topological polar surface area (TPSA) is 61.3 Å². The summed E-state index contributed by atoms with van der Waals surface area (Å²) in [5.74, 6) is 2.20. The Balaban J connectivity index is 1.53. The van der Waals surface area contributed by atoms with Crippen molar-refractivity contribution < 1.29 is 4.39 Å². The first-order valence-corrected chi connectivity index (χ1v) is 8.52. The van der Waals surface area contributed by atoms with Crippen LogP contribution in [0.25, 0.3) is 10.9 Å². The summed E-state index contributed by atoms with van der Waals surface area (Å²) in [7, 11) is 3.86. The van der Waals surface area contributed by atoms with Gasteiger partial charge in [0.05, 0.1) is 5.52 Å². The number of rotatable bonds is 3. The van der Waals surface area contributed by atoms with E-state index in [1.54, 1.807) is 12.3 Å². The lowest BCUT2D eigenvalue weighted by atomic mass is 10.2. The lowest BCUT2D eigenvalue weighted by molar-refractivity contribution is 0.628. The molecule has 3 aromatic rings. The summed E-state index contributed by atoms with van der Waals surface area (Å²) in [6.07, 6.45) is 3.29. The summed E-state index contributed by atoms with van der Waals surface area (Å²) in [6, 6.07) is 6.58. The van der Waals surface area contributed by atoms with Gasteiger partial charge in [0.25, 0.3) is 0 Å². The Kier molecular flexibility index (Phi) is 4.24. The third kappa shape index (κ3) is 3.10. The summed E-state index contributed by atoms with van der Waals surface area (Å²) >= 11 is 0. The minimum absolute atomic E-state index is 0.285. The number of halogens is 1. The number of benzene rings is 1. The van der Waals surface area contributed by atoms with Crippen molar-refractivity contribution in [1.29, 1.82) is 0 Å². The second-order valence-electron chi connectivity index (χ2n) is 6.44. The highest BCUT2D eigenvalue weighted by atomic mass is 19.1. The van der Waals surface area contributed by atoms with Gasteiger partial charge in [-0.25, -0.2) is 19.3 Å². The molecular weight excluding hydrogens is 333 g/mol. The predicted octanol–water partition coefficient (Wildman–Crippen LogP) is 1.95. The van der Waals surface area contributed by atoms with Crippen molar-refractivity contribution in [3.63, 3.8) is 0 Å². The van der Waals surface area contributed by atoms with Gasteiger partial charge in [-0.2, -0.15) is 4.98 Å². The fourth-order valence-corrected chi connectivity index (χ4v) is 3.15. The first kappa shape index (κ1) is 16.4. The zero-order valence-electron chi connectivity index (χ0n) is 14.8. The van der Waals surface area contributed by atoms with E-state index < -0.39 is 0 Å². The SMILES string of the molecule is CN(C)c1nccc(N2CCN(c3ncnc4cc(F)ccc34)CC2)n1. The van der Waals surface area contributed by atoms with Gasteiger partial charge < -0.3 is 14.7 Å². The van der Waals surface area contributed by atoms with Crippen LogP contribution in [-0.2, 0) is 0 Å². The molecule has 7 nitrogen and oxygen atoms in total. The van der Waals surface area contributed by atoms with E-state index in [0.29, 0.717) is 11.5 Å². The molecule has 0 unspecified atom stereocenters. The quantitative estimate of drug-likeness (QED) is 0.713. The van der Waals surface area contributed by atoms with Crippen molar-refractivity contribution in [3.05, 3.63) is 42.6 Å². The number of fused-ring (bicyclic) bond motifs is 1. The van der Waals surface area contributed by atoms with Crippen molar-refractivity contribution in [2.45, 2.75) is 0 Å². The Morgan fingerprint density at radius 1 is 0.962 bits per heavy atom. The van der Waals surface area contributed by atoms with Crippen LogP contribution in [0.5, 0.6) is 0 Å². The molecule has 1 aliphatic rings. The molecule has 1 aliphatic heterocycles. The maximum absolute atomic E-state index is 13.4. The van der Waals surface area contributed by atoms with Crippen LogP contribution in [0.1, 0.15) is 0 Å². The van der Waals surface area contributed by atoms with E-state index in [-0.39, 0.29) is 5.82 Å². The number of hydrogen-bond donors (Lipinski definition) is 0. The fraction of sp³-hybridized carbons (Fsp3) is 0.333. The Hall–Kier alpha value is -3.03. The second kappa shape index (κ2) is 6.70. The van der Waals surface area contributed by atoms with Crippen LogP contribution in [-0.4, -0.2) is 60.2 Å². The van der Waals surface area contributed by atoms with Crippen molar-refractivity contribution >= 4 is 28.5 Å².